The number of hydrogen-bond donors (Lipinski definition) is 1. The van der Waals surface area contributed by atoms with Crippen molar-refractivity contribution in [1.82, 2.24) is 10.2 Å². The van der Waals surface area contributed by atoms with E-state index < -0.39 is 0 Å². The molecule has 2 heterocycles. The van der Waals surface area contributed by atoms with Crippen molar-refractivity contribution in [2.45, 2.75) is 39.2 Å². The molecule has 21 heavy (non-hydrogen) atoms. The topological polar surface area (TPSA) is 49.4 Å². The number of rotatable bonds is 1. The lowest BCUT2D eigenvalue weighted by molar-refractivity contribution is -0.125. The molecule has 1 N–H and O–H groups in total. The highest BCUT2D eigenvalue weighted by Gasteiger charge is 2.35. The zero-order valence-electron chi connectivity index (χ0n) is 12.7. The molecule has 2 saturated heterocycles. The molecular formula is C17H22N2O2. The first-order valence-corrected chi connectivity index (χ1v) is 7.71. The molecular weight excluding hydrogens is 264 g/mol. The maximum absolute atomic E-state index is 12.8. The summed E-state index contributed by atoms with van der Waals surface area (Å²) in [7, 11) is 0. The minimum absolute atomic E-state index is 0.140. The molecule has 2 unspecified atom stereocenters. The van der Waals surface area contributed by atoms with Gasteiger partial charge in [-0.3, -0.25) is 9.59 Å². The molecule has 0 aliphatic carbocycles. The van der Waals surface area contributed by atoms with Gasteiger partial charge in [-0.15, -0.1) is 0 Å². The van der Waals surface area contributed by atoms with E-state index in [4.69, 9.17) is 0 Å². The largest absolute Gasteiger partial charge is 0.353 e. The Morgan fingerprint density at radius 1 is 1.24 bits per heavy atom. The Morgan fingerprint density at radius 3 is 2.67 bits per heavy atom. The molecule has 4 nitrogen and oxygen atoms in total. The number of aryl methyl sites for hydroxylation is 2. The van der Waals surface area contributed by atoms with E-state index in [1.165, 1.54) is 0 Å². The van der Waals surface area contributed by atoms with Gasteiger partial charge in [0.05, 0.1) is 0 Å². The van der Waals surface area contributed by atoms with Crippen LogP contribution in [0.4, 0.5) is 0 Å². The maximum atomic E-state index is 12.8. The van der Waals surface area contributed by atoms with E-state index >= 15 is 0 Å². The highest BCUT2D eigenvalue weighted by Crippen LogP contribution is 2.27. The van der Waals surface area contributed by atoms with Crippen molar-refractivity contribution in [3.63, 3.8) is 0 Å². The van der Waals surface area contributed by atoms with Crippen LogP contribution in [0.3, 0.4) is 0 Å². The Labute approximate surface area is 125 Å². The summed E-state index contributed by atoms with van der Waals surface area (Å²) in [5, 5.41) is 3.06. The summed E-state index contributed by atoms with van der Waals surface area (Å²) in [6, 6.07) is 6.24. The van der Waals surface area contributed by atoms with Gasteiger partial charge in [0.2, 0.25) is 5.91 Å². The van der Waals surface area contributed by atoms with Crippen LogP contribution in [0, 0.1) is 19.8 Å². The Morgan fingerprint density at radius 2 is 1.95 bits per heavy atom. The minimum Gasteiger partial charge on any atom is -0.353 e. The number of carbonyl (C=O) groups excluding carboxylic acids is 2. The average molecular weight is 286 g/mol. The zero-order valence-corrected chi connectivity index (χ0v) is 12.7. The first kappa shape index (κ1) is 14.1. The fourth-order valence-corrected chi connectivity index (χ4v) is 3.60. The number of benzene rings is 1. The summed E-state index contributed by atoms with van der Waals surface area (Å²) in [6.45, 7) is 5.48. The third-order valence-electron chi connectivity index (χ3n) is 4.80. The predicted molar refractivity (Wildman–Crippen MR) is 81.1 cm³/mol. The lowest BCUT2D eigenvalue weighted by Crippen LogP contribution is -2.55. The number of nitrogens with zero attached hydrogens (tertiary/aromatic N) is 1. The molecule has 4 heteroatoms. The van der Waals surface area contributed by atoms with Gasteiger partial charge in [-0.1, -0.05) is 18.2 Å². The molecule has 0 spiro atoms. The fraction of sp³-hybridized carbons (Fsp3) is 0.529. The molecule has 3 rings (SSSR count). The van der Waals surface area contributed by atoms with E-state index in [2.05, 4.69) is 5.32 Å². The lowest BCUT2D eigenvalue weighted by Gasteiger charge is -2.41. The number of fused-ring (bicyclic) bond motifs is 1. The van der Waals surface area contributed by atoms with E-state index in [1.54, 1.807) is 0 Å². The molecule has 0 saturated carbocycles. The number of hydrogen-bond acceptors (Lipinski definition) is 2. The Balaban J connectivity index is 1.76. The average Bonchev–Trinajstić information content (AvgIpc) is 2.46. The maximum Gasteiger partial charge on any atom is 0.254 e. The van der Waals surface area contributed by atoms with Crippen molar-refractivity contribution in [3.8, 4) is 0 Å². The molecule has 0 aromatic heterocycles. The van der Waals surface area contributed by atoms with Crippen LogP contribution in [-0.4, -0.2) is 35.8 Å². The van der Waals surface area contributed by atoms with Gasteiger partial charge in [0.25, 0.3) is 5.91 Å². The first-order valence-electron chi connectivity index (χ1n) is 7.71. The molecule has 0 radical (unpaired) electrons. The third-order valence-corrected chi connectivity index (χ3v) is 4.80. The number of amides is 2. The smallest absolute Gasteiger partial charge is 0.254 e. The molecule has 2 aliphatic heterocycles. The summed E-state index contributed by atoms with van der Waals surface area (Å²) < 4.78 is 0. The quantitative estimate of drug-likeness (QED) is 0.859. The monoisotopic (exact) mass is 286 g/mol. The zero-order chi connectivity index (χ0) is 15.0. The first-order chi connectivity index (χ1) is 10.1. The number of nitrogens with one attached hydrogen (secondary N) is 1. The molecule has 2 fully saturated rings. The lowest BCUT2D eigenvalue weighted by atomic mass is 9.84. The van der Waals surface area contributed by atoms with E-state index in [0.717, 1.165) is 42.6 Å². The van der Waals surface area contributed by atoms with Crippen LogP contribution in [0.2, 0.25) is 0 Å². The van der Waals surface area contributed by atoms with E-state index in [1.807, 2.05) is 36.9 Å². The summed E-state index contributed by atoms with van der Waals surface area (Å²) >= 11 is 0. The van der Waals surface area contributed by atoms with Gasteiger partial charge in [-0.2, -0.15) is 0 Å². The van der Waals surface area contributed by atoms with Crippen LogP contribution < -0.4 is 5.32 Å². The molecule has 112 valence electrons. The summed E-state index contributed by atoms with van der Waals surface area (Å²) in [5.74, 6) is 0.705. The standard InChI is InChI=1S/C17H22N2O2/c1-11-4-3-5-12(2)16(11)17(21)19-9-8-14-13(10-19)6-7-15(20)18-14/h3-5,13-14H,6-10H2,1-2H3,(H,18,20). The fourth-order valence-electron chi connectivity index (χ4n) is 3.60. The van der Waals surface area contributed by atoms with Gasteiger partial charge in [0.1, 0.15) is 0 Å². The van der Waals surface area contributed by atoms with E-state index in [-0.39, 0.29) is 17.9 Å². The van der Waals surface area contributed by atoms with Gasteiger partial charge < -0.3 is 10.2 Å². The second-order valence-electron chi connectivity index (χ2n) is 6.28. The molecule has 1 aromatic rings. The van der Waals surface area contributed by atoms with Crippen LogP contribution in [-0.2, 0) is 4.79 Å². The molecule has 2 atom stereocenters. The minimum atomic E-state index is 0.140. The number of carbonyl (C=O) groups is 2. The van der Waals surface area contributed by atoms with Crippen LogP contribution >= 0.6 is 0 Å². The second kappa shape index (κ2) is 5.51. The van der Waals surface area contributed by atoms with Crippen molar-refractivity contribution in [3.05, 3.63) is 34.9 Å². The van der Waals surface area contributed by atoms with E-state index in [0.29, 0.717) is 12.3 Å². The van der Waals surface area contributed by atoms with Gasteiger partial charge in [-0.25, -0.2) is 0 Å². The van der Waals surface area contributed by atoms with Crippen molar-refractivity contribution in [2.75, 3.05) is 13.1 Å². The molecule has 2 amide bonds. The van der Waals surface area contributed by atoms with Gasteiger partial charge in [0, 0.05) is 31.1 Å². The van der Waals surface area contributed by atoms with Crippen molar-refractivity contribution in [1.29, 1.82) is 0 Å². The second-order valence-corrected chi connectivity index (χ2v) is 6.28. The van der Waals surface area contributed by atoms with Crippen LogP contribution in [0.25, 0.3) is 0 Å². The number of piperidine rings is 2. The SMILES string of the molecule is Cc1cccc(C)c1C(=O)N1CCC2NC(=O)CCC2C1. The Hall–Kier alpha value is -1.84. The highest BCUT2D eigenvalue weighted by atomic mass is 16.2. The van der Waals surface area contributed by atoms with Gasteiger partial charge >= 0.3 is 0 Å². The number of likely N-dealkylation sites (tertiary alicyclic amines) is 1. The Bertz CT molecular complexity index is 562. The molecule has 0 bridgehead atoms. The summed E-state index contributed by atoms with van der Waals surface area (Å²) in [4.78, 5) is 26.2. The van der Waals surface area contributed by atoms with Crippen LogP contribution in [0.5, 0.6) is 0 Å². The predicted octanol–water partition coefficient (Wildman–Crippen LogP) is 2.04. The van der Waals surface area contributed by atoms with E-state index in [9.17, 15) is 9.59 Å². The molecule has 1 aromatic carbocycles. The normalized spacial score (nSPS) is 25.2. The van der Waals surface area contributed by atoms with Gasteiger partial charge in [0.15, 0.2) is 0 Å². The van der Waals surface area contributed by atoms with Crippen LogP contribution in [0.1, 0.15) is 40.7 Å². The Kier molecular flexibility index (Phi) is 3.70. The van der Waals surface area contributed by atoms with Crippen molar-refractivity contribution >= 4 is 11.8 Å². The highest BCUT2D eigenvalue weighted by molar-refractivity contribution is 5.97. The summed E-state index contributed by atoms with van der Waals surface area (Å²) in [5.41, 5.74) is 2.92. The third kappa shape index (κ3) is 2.67. The van der Waals surface area contributed by atoms with Crippen LogP contribution in [0.15, 0.2) is 18.2 Å². The summed E-state index contributed by atoms with van der Waals surface area (Å²) in [6.07, 6.45) is 2.35. The molecule has 2 aliphatic rings. The van der Waals surface area contributed by atoms with Crippen molar-refractivity contribution in [2.24, 2.45) is 5.92 Å². The van der Waals surface area contributed by atoms with Crippen molar-refractivity contribution < 1.29 is 9.59 Å². The van der Waals surface area contributed by atoms with Gasteiger partial charge in [-0.05, 0) is 43.7 Å².